The zero-order valence-electron chi connectivity index (χ0n) is 26.3. The van der Waals surface area contributed by atoms with Gasteiger partial charge in [0.25, 0.3) is 5.91 Å². The van der Waals surface area contributed by atoms with Gasteiger partial charge in [-0.05, 0) is 84.3 Å². The molecule has 0 radical (unpaired) electrons. The number of para-hydroxylation sites is 1. The third-order valence-electron chi connectivity index (χ3n) is 9.10. The minimum atomic E-state index is -1.44. The molecule has 1 aromatic heterocycles. The molecular weight excluding hydrogens is 547 g/mol. The molecule has 0 spiro atoms. The highest BCUT2D eigenvalue weighted by atomic mass is 19.1. The summed E-state index contributed by atoms with van der Waals surface area (Å²) in [5.41, 5.74) is 1.23. The fourth-order valence-corrected chi connectivity index (χ4v) is 6.85. The monoisotopic (exact) mass is 594 g/mol. The second-order valence-corrected chi connectivity index (χ2v) is 12.6. The van der Waals surface area contributed by atoms with Crippen molar-refractivity contribution in [2.45, 2.75) is 77.2 Å². The molecule has 4 heterocycles. The molecule has 5 rings (SSSR count). The molecule has 3 amide bonds. The largest absolute Gasteiger partial charge is 0.493 e. The third-order valence-corrected chi connectivity index (χ3v) is 9.10. The van der Waals surface area contributed by atoms with Gasteiger partial charge in [0, 0.05) is 50.4 Å². The van der Waals surface area contributed by atoms with Crippen LogP contribution in [0.5, 0.6) is 5.75 Å². The number of rotatable bonds is 8. The van der Waals surface area contributed by atoms with Crippen molar-refractivity contribution in [2.75, 3.05) is 57.8 Å². The standard InChI is InChI=1S/C33H47FN6O3/c1-6-24-22-38(32(42)40-17-10-13-29(40)33(3,4)34)19-20-39(24)27-15-14-26(25-11-8-9-12-28(25)43-7-2)36-30(27)31(41)35-23-16-18-37(5)21-23/h8-9,11-12,14-15,23-24,29H,6-7,10,13,16-22H2,1-5H3,(H,35,41)/t23-,24-,29+/m1/s1. The summed E-state index contributed by atoms with van der Waals surface area (Å²) < 4.78 is 20.8. The number of likely N-dealkylation sites (N-methyl/N-ethyl adjacent to an activating group) is 1. The van der Waals surface area contributed by atoms with Crippen molar-refractivity contribution in [2.24, 2.45) is 0 Å². The van der Waals surface area contributed by atoms with Gasteiger partial charge < -0.3 is 29.7 Å². The average Bonchev–Trinajstić information content (AvgIpc) is 3.66. The maximum absolute atomic E-state index is 14.9. The Hall–Kier alpha value is -3.40. The average molecular weight is 595 g/mol. The Morgan fingerprint density at radius 1 is 1.05 bits per heavy atom. The normalized spacial score (nSPS) is 23.1. The van der Waals surface area contributed by atoms with Crippen LogP contribution >= 0.6 is 0 Å². The maximum atomic E-state index is 14.9. The molecule has 10 heteroatoms. The molecule has 3 aliphatic rings. The lowest BCUT2D eigenvalue weighted by atomic mass is 9.98. The molecule has 3 atom stereocenters. The van der Waals surface area contributed by atoms with Gasteiger partial charge in [-0.2, -0.15) is 0 Å². The van der Waals surface area contributed by atoms with Crippen LogP contribution in [-0.2, 0) is 0 Å². The molecule has 1 N–H and O–H groups in total. The highest BCUT2D eigenvalue weighted by molar-refractivity contribution is 5.99. The number of urea groups is 1. The summed E-state index contributed by atoms with van der Waals surface area (Å²) in [6.45, 7) is 11.6. The summed E-state index contributed by atoms with van der Waals surface area (Å²) >= 11 is 0. The van der Waals surface area contributed by atoms with E-state index in [2.05, 4.69) is 29.1 Å². The van der Waals surface area contributed by atoms with Crippen LogP contribution in [0.4, 0.5) is 14.9 Å². The smallest absolute Gasteiger partial charge is 0.320 e. The first-order valence-corrected chi connectivity index (χ1v) is 15.8. The number of benzene rings is 1. The first kappa shape index (κ1) is 31.0. The van der Waals surface area contributed by atoms with Gasteiger partial charge in [-0.1, -0.05) is 19.1 Å². The second kappa shape index (κ2) is 13.1. The number of hydrogen-bond acceptors (Lipinski definition) is 6. The van der Waals surface area contributed by atoms with E-state index >= 15 is 0 Å². The Morgan fingerprint density at radius 3 is 2.53 bits per heavy atom. The molecule has 234 valence electrons. The predicted molar refractivity (Wildman–Crippen MR) is 168 cm³/mol. The van der Waals surface area contributed by atoms with Crippen molar-refractivity contribution in [1.29, 1.82) is 0 Å². The minimum absolute atomic E-state index is 0.00957. The number of anilines is 1. The topological polar surface area (TPSA) is 81.2 Å². The predicted octanol–water partition coefficient (Wildman–Crippen LogP) is 4.81. The van der Waals surface area contributed by atoms with Crippen LogP contribution in [0, 0.1) is 0 Å². The lowest BCUT2D eigenvalue weighted by molar-refractivity contribution is 0.0739. The van der Waals surface area contributed by atoms with Crippen LogP contribution in [0.25, 0.3) is 11.3 Å². The summed E-state index contributed by atoms with van der Waals surface area (Å²) in [5.74, 6) is 0.536. The SMILES string of the molecule is CCOc1ccccc1-c1ccc(N2CCN(C(=O)N3CCC[C@H]3C(C)(C)F)C[C@H]2CC)c(C(=O)N[C@@H]2CCN(C)C2)n1. The number of aromatic nitrogens is 1. The first-order valence-electron chi connectivity index (χ1n) is 15.8. The van der Waals surface area contributed by atoms with E-state index in [-0.39, 0.29) is 24.0 Å². The van der Waals surface area contributed by atoms with Crippen molar-refractivity contribution < 1.29 is 18.7 Å². The quantitative estimate of drug-likeness (QED) is 0.473. The van der Waals surface area contributed by atoms with Gasteiger partial charge in [0.2, 0.25) is 0 Å². The number of halogens is 1. The van der Waals surface area contributed by atoms with Crippen molar-refractivity contribution >= 4 is 17.6 Å². The Morgan fingerprint density at radius 2 is 1.84 bits per heavy atom. The number of carbonyl (C=O) groups excluding carboxylic acids is 2. The number of amides is 3. The molecule has 0 saturated carbocycles. The van der Waals surface area contributed by atoms with Crippen molar-refractivity contribution in [1.82, 2.24) is 25.0 Å². The number of ether oxygens (including phenoxy) is 1. The van der Waals surface area contributed by atoms with E-state index in [1.54, 1.807) is 18.7 Å². The molecule has 9 nitrogen and oxygen atoms in total. The number of nitrogens with zero attached hydrogens (tertiary/aromatic N) is 5. The summed E-state index contributed by atoms with van der Waals surface area (Å²) in [6.07, 6.45) is 3.19. The van der Waals surface area contributed by atoms with Gasteiger partial charge in [-0.3, -0.25) is 4.79 Å². The number of pyridine rings is 1. The van der Waals surface area contributed by atoms with Crippen molar-refractivity contribution in [3.05, 3.63) is 42.1 Å². The summed E-state index contributed by atoms with van der Waals surface area (Å²) in [7, 11) is 2.06. The summed E-state index contributed by atoms with van der Waals surface area (Å²) in [6, 6.07) is 11.3. The van der Waals surface area contributed by atoms with E-state index in [0.717, 1.165) is 49.4 Å². The molecule has 0 bridgehead atoms. The van der Waals surface area contributed by atoms with E-state index in [1.165, 1.54) is 0 Å². The van der Waals surface area contributed by atoms with Gasteiger partial charge in [0.05, 0.1) is 24.0 Å². The second-order valence-electron chi connectivity index (χ2n) is 12.6. The number of likely N-dealkylation sites (tertiary alicyclic amines) is 2. The number of piperazine rings is 1. The lowest BCUT2D eigenvalue weighted by Crippen LogP contribution is -2.59. The van der Waals surface area contributed by atoms with Gasteiger partial charge in [-0.25, -0.2) is 14.2 Å². The minimum Gasteiger partial charge on any atom is -0.493 e. The molecule has 43 heavy (non-hydrogen) atoms. The highest BCUT2D eigenvalue weighted by Gasteiger charge is 2.43. The van der Waals surface area contributed by atoms with E-state index in [1.807, 2.05) is 48.2 Å². The molecule has 2 aromatic rings. The molecule has 1 aromatic carbocycles. The first-order chi connectivity index (χ1) is 20.6. The third kappa shape index (κ3) is 6.74. The van der Waals surface area contributed by atoms with Crippen LogP contribution in [0.2, 0.25) is 0 Å². The van der Waals surface area contributed by atoms with Crippen molar-refractivity contribution in [3.63, 3.8) is 0 Å². The van der Waals surface area contributed by atoms with E-state index < -0.39 is 11.7 Å². The van der Waals surface area contributed by atoms with Gasteiger partial charge in [0.15, 0.2) is 5.69 Å². The fraction of sp³-hybridized carbons (Fsp3) is 0.606. The Kier molecular flexibility index (Phi) is 9.44. The maximum Gasteiger partial charge on any atom is 0.320 e. The van der Waals surface area contributed by atoms with Crippen LogP contribution in [0.3, 0.4) is 0 Å². The van der Waals surface area contributed by atoms with Gasteiger partial charge >= 0.3 is 6.03 Å². The van der Waals surface area contributed by atoms with Gasteiger partial charge in [0.1, 0.15) is 11.4 Å². The highest BCUT2D eigenvalue weighted by Crippen LogP contribution is 2.34. The van der Waals surface area contributed by atoms with Crippen LogP contribution < -0.4 is 15.0 Å². The summed E-state index contributed by atoms with van der Waals surface area (Å²) in [5, 5.41) is 3.23. The lowest BCUT2D eigenvalue weighted by Gasteiger charge is -2.45. The number of alkyl halides is 1. The van der Waals surface area contributed by atoms with E-state index in [0.29, 0.717) is 50.6 Å². The Balaban J connectivity index is 1.43. The van der Waals surface area contributed by atoms with E-state index in [4.69, 9.17) is 9.72 Å². The Bertz CT molecular complexity index is 1300. The van der Waals surface area contributed by atoms with Crippen LogP contribution in [0.1, 0.15) is 63.9 Å². The Labute approximate surface area is 255 Å². The zero-order chi connectivity index (χ0) is 30.7. The molecule has 3 fully saturated rings. The van der Waals surface area contributed by atoms with Crippen molar-refractivity contribution in [3.8, 4) is 17.0 Å². The molecule has 0 aliphatic carbocycles. The van der Waals surface area contributed by atoms with Crippen LogP contribution in [0.15, 0.2) is 36.4 Å². The number of hydrogen-bond donors (Lipinski definition) is 1. The van der Waals surface area contributed by atoms with Gasteiger partial charge in [-0.15, -0.1) is 0 Å². The van der Waals surface area contributed by atoms with E-state index in [9.17, 15) is 14.0 Å². The molecule has 3 saturated heterocycles. The number of carbonyl (C=O) groups is 2. The molecule has 0 unspecified atom stereocenters. The fourth-order valence-electron chi connectivity index (χ4n) is 6.85. The van der Waals surface area contributed by atoms with Crippen LogP contribution in [-0.4, -0.2) is 108 Å². The summed E-state index contributed by atoms with van der Waals surface area (Å²) in [4.78, 5) is 40.5. The molecular formula is C33H47FN6O3. The molecule has 3 aliphatic heterocycles. The zero-order valence-corrected chi connectivity index (χ0v) is 26.3. The number of nitrogens with one attached hydrogen (secondary N) is 1.